The fourth-order valence-electron chi connectivity index (χ4n) is 9.61. The molecule has 3 fully saturated rings. The first kappa shape index (κ1) is 47.4. The van der Waals surface area contributed by atoms with Gasteiger partial charge in [0.25, 0.3) is 0 Å². The zero-order valence-corrected chi connectivity index (χ0v) is 37.3. The fourth-order valence-corrected chi connectivity index (χ4v) is 9.61. The molecule has 15 nitrogen and oxygen atoms in total. The Morgan fingerprint density at radius 2 is 0.625 bits per heavy atom. The van der Waals surface area contributed by atoms with E-state index in [1.165, 1.54) is 0 Å². The maximum atomic E-state index is 12.6. The van der Waals surface area contributed by atoms with Crippen molar-refractivity contribution < 1.29 is 72.3 Å². The summed E-state index contributed by atoms with van der Waals surface area (Å²) in [4.78, 5) is 104. The van der Waals surface area contributed by atoms with Gasteiger partial charge in [-0.2, -0.15) is 14.4 Å². The first-order valence-electron chi connectivity index (χ1n) is 22.1. The Morgan fingerprint density at radius 1 is 0.375 bits per heavy atom. The summed E-state index contributed by atoms with van der Waals surface area (Å²) in [7, 11) is 0. The van der Waals surface area contributed by atoms with E-state index in [1.807, 2.05) is 39.0 Å². The van der Waals surface area contributed by atoms with Gasteiger partial charge in [-0.05, 0) is 177 Å². The molecule has 3 aromatic rings. The average molecular weight is 887 g/mol. The van der Waals surface area contributed by atoms with Crippen molar-refractivity contribution in [2.24, 2.45) is 23.7 Å². The molecule has 3 saturated carbocycles. The van der Waals surface area contributed by atoms with Crippen LogP contribution in [0.25, 0.3) is 0 Å². The van der Waals surface area contributed by atoms with Gasteiger partial charge in [-0.1, -0.05) is 53.1 Å². The smallest absolute Gasteiger partial charge is 0.428 e. The quantitative estimate of drug-likeness (QED) is 0.0854. The number of carbonyl (C=O) groups excluding carboxylic acids is 6. The third kappa shape index (κ3) is 13.0. The molecular formula is C49H58O15. The van der Waals surface area contributed by atoms with Crippen LogP contribution < -0.4 is 0 Å². The third-order valence-electron chi connectivity index (χ3n) is 13.0. The lowest BCUT2D eigenvalue weighted by molar-refractivity contribution is -0.209. The van der Waals surface area contributed by atoms with Gasteiger partial charge in [-0.3, -0.25) is 0 Å². The predicted octanol–water partition coefficient (Wildman–Crippen LogP) is 10.9. The average Bonchev–Trinajstić information content (AvgIpc) is 3.28. The number of hydrogen-bond acceptors (Lipinski definition) is 15. The number of benzene rings is 3. The number of aryl methyl sites for hydroxylation is 6. The van der Waals surface area contributed by atoms with E-state index in [0.717, 1.165) is 55.2 Å². The molecule has 6 rings (SSSR count). The van der Waals surface area contributed by atoms with E-state index in [2.05, 4.69) is 0 Å². The van der Waals surface area contributed by atoms with Gasteiger partial charge in [0.2, 0.25) is 0 Å². The van der Waals surface area contributed by atoms with Crippen LogP contribution in [0.4, 0.5) is 14.4 Å². The lowest BCUT2D eigenvalue weighted by Crippen LogP contribution is -2.39. The van der Waals surface area contributed by atoms with Gasteiger partial charge in [0.1, 0.15) is 18.3 Å². The van der Waals surface area contributed by atoms with Crippen molar-refractivity contribution in [2.75, 3.05) is 0 Å². The van der Waals surface area contributed by atoms with Crippen molar-refractivity contribution in [2.45, 2.75) is 137 Å². The highest BCUT2D eigenvalue weighted by Crippen LogP contribution is 2.48. The predicted molar refractivity (Wildman–Crippen MR) is 227 cm³/mol. The van der Waals surface area contributed by atoms with Crippen molar-refractivity contribution in [3.63, 3.8) is 0 Å². The highest BCUT2D eigenvalue weighted by Gasteiger charge is 2.42. The molecule has 0 radical (unpaired) electrons. The molecule has 3 aromatic carbocycles. The Balaban J connectivity index is 1.01. The zero-order chi connectivity index (χ0) is 45.9. The summed E-state index contributed by atoms with van der Waals surface area (Å²) >= 11 is 0. The molecule has 0 aliphatic heterocycles. The van der Waals surface area contributed by atoms with Crippen molar-refractivity contribution >= 4 is 36.4 Å². The first-order chi connectivity index (χ1) is 30.6. The summed E-state index contributed by atoms with van der Waals surface area (Å²) in [5.74, 6) is -1.18. The molecule has 0 N–H and O–H groups in total. The minimum Gasteiger partial charge on any atom is -0.428 e. The number of rotatable bonds is 9. The van der Waals surface area contributed by atoms with Crippen molar-refractivity contribution in [3.05, 3.63) is 105 Å². The summed E-state index contributed by atoms with van der Waals surface area (Å²) in [6.45, 7) is 10.8. The molecule has 0 atom stereocenters. The Bertz CT molecular complexity index is 1920. The van der Waals surface area contributed by atoms with Crippen LogP contribution in [0.15, 0.2) is 54.6 Å². The number of carbonyl (C=O) groups is 6. The summed E-state index contributed by atoms with van der Waals surface area (Å²) in [6, 6.07) is 15.9. The molecule has 3 aliphatic carbocycles. The maximum absolute atomic E-state index is 12.6. The van der Waals surface area contributed by atoms with Crippen molar-refractivity contribution in [3.8, 4) is 0 Å². The minimum atomic E-state index is -1.08. The second kappa shape index (κ2) is 22.0. The summed E-state index contributed by atoms with van der Waals surface area (Å²) in [5, 5.41) is 0. The zero-order valence-electron chi connectivity index (χ0n) is 37.3. The maximum Gasteiger partial charge on any atom is 0.550 e. The normalized spacial score (nSPS) is 22.4. The van der Waals surface area contributed by atoms with E-state index >= 15 is 0 Å². The molecule has 344 valence electrons. The van der Waals surface area contributed by atoms with Gasteiger partial charge < -0.3 is 14.2 Å². The molecule has 0 saturated heterocycles. The second-order valence-electron chi connectivity index (χ2n) is 17.6. The van der Waals surface area contributed by atoms with Gasteiger partial charge >= 0.3 is 36.4 Å². The van der Waals surface area contributed by atoms with E-state index in [9.17, 15) is 28.8 Å². The largest absolute Gasteiger partial charge is 0.550 e. The standard InChI is InChI=1S/C49H58O15/c1-28-7-10-31(4)40(25-28)44(50)59-62-47(53)56-37-19-13-34(14-20-37)43(35-15-21-38(22-16-35)57-48(54)63-60-45(51)41-26-29(2)8-11-32(41)5)36-17-23-39(24-18-36)58-49(55)64-61-46(52)42-27-30(3)9-12-33(42)6/h7-12,25-27,34-39,43H,13-24H2,1-6H3. The first-order valence-corrected chi connectivity index (χ1v) is 22.1. The molecule has 3 aliphatic rings. The summed E-state index contributed by atoms with van der Waals surface area (Å²) in [5.41, 5.74) is 5.53. The van der Waals surface area contributed by atoms with E-state index < -0.39 is 54.7 Å². The van der Waals surface area contributed by atoms with Crippen LogP contribution in [-0.4, -0.2) is 54.7 Å². The topological polar surface area (TPSA) is 185 Å². The van der Waals surface area contributed by atoms with Gasteiger partial charge in [-0.25, -0.2) is 43.7 Å². The lowest BCUT2D eigenvalue weighted by Gasteiger charge is -2.45. The highest BCUT2D eigenvalue weighted by atomic mass is 17.2. The van der Waals surface area contributed by atoms with Crippen LogP contribution in [0.1, 0.15) is 142 Å². The van der Waals surface area contributed by atoms with Gasteiger partial charge in [0, 0.05) is 0 Å². The SMILES string of the molecule is Cc1ccc(C)c(C(=O)OOC(=O)OC2CCC(C(C3CCC(OC(=O)OOC(=O)c4cc(C)ccc4C)CC3)C3CCC(OC(=O)OOC(=O)c4cc(C)ccc4C)CC3)CC2)c1. The minimum absolute atomic E-state index is 0.282. The van der Waals surface area contributed by atoms with E-state index in [4.69, 9.17) is 43.5 Å². The molecule has 0 unspecified atom stereocenters. The van der Waals surface area contributed by atoms with E-state index in [1.54, 1.807) is 57.2 Å². The van der Waals surface area contributed by atoms with Crippen LogP contribution in [-0.2, 0) is 43.5 Å². The molecule has 0 heterocycles. The van der Waals surface area contributed by atoms with Gasteiger partial charge in [-0.15, -0.1) is 0 Å². The highest BCUT2D eigenvalue weighted by molar-refractivity contribution is 5.92. The molecule has 64 heavy (non-hydrogen) atoms. The second-order valence-corrected chi connectivity index (χ2v) is 17.6. The summed E-state index contributed by atoms with van der Waals surface area (Å²) in [6.07, 6.45) is 3.81. The van der Waals surface area contributed by atoms with Crippen molar-refractivity contribution in [1.29, 1.82) is 0 Å². The molecule has 0 spiro atoms. The molecule has 0 amide bonds. The van der Waals surface area contributed by atoms with Crippen LogP contribution in [0.5, 0.6) is 0 Å². The van der Waals surface area contributed by atoms with Crippen LogP contribution in [0.3, 0.4) is 0 Å². The van der Waals surface area contributed by atoms with Gasteiger partial charge in [0.05, 0.1) is 16.7 Å². The molecule has 0 bridgehead atoms. The number of hydrogen-bond donors (Lipinski definition) is 0. The Labute approximate surface area is 373 Å². The van der Waals surface area contributed by atoms with Crippen molar-refractivity contribution in [1.82, 2.24) is 0 Å². The van der Waals surface area contributed by atoms with Crippen LogP contribution in [0.2, 0.25) is 0 Å². The molecule has 15 heteroatoms. The Kier molecular flexibility index (Phi) is 16.3. The summed E-state index contributed by atoms with van der Waals surface area (Å²) < 4.78 is 16.7. The molecule has 0 aromatic heterocycles. The van der Waals surface area contributed by atoms with E-state index in [-0.39, 0.29) is 5.92 Å². The lowest BCUT2D eigenvalue weighted by atomic mass is 9.61. The Hall–Kier alpha value is -6.12. The Morgan fingerprint density at radius 3 is 0.875 bits per heavy atom. The fraction of sp³-hybridized carbons (Fsp3) is 0.510. The van der Waals surface area contributed by atoms with Gasteiger partial charge in [0.15, 0.2) is 0 Å². The monoisotopic (exact) mass is 886 g/mol. The van der Waals surface area contributed by atoms with E-state index in [0.29, 0.717) is 89.7 Å². The third-order valence-corrected chi connectivity index (χ3v) is 13.0. The van der Waals surface area contributed by atoms with Crippen LogP contribution in [0, 0.1) is 65.2 Å². The number of ether oxygens (including phenoxy) is 3. The molecular weight excluding hydrogens is 829 g/mol. The van der Waals surface area contributed by atoms with Crippen LogP contribution >= 0.6 is 0 Å².